The lowest BCUT2D eigenvalue weighted by atomic mass is 10.8. The van der Waals surface area contributed by atoms with Gasteiger partial charge in [-0.05, 0) is 6.92 Å². The van der Waals surface area contributed by atoms with Gasteiger partial charge in [-0.15, -0.1) is 0 Å². The molecule has 0 aromatic carbocycles. The first kappa shape index (κ1) is 7.53. The third-order valence-corrected chi connectivity index (χ3v) is 0.822. The molecule has 0 aliphatic rings. The summed E-state index contributed by atoms with van der Waals surface area (Å²) < 4.78 is 18.0. The van der Waals surface area contributed by atoms with Gasteiger partial charge >= 0.3 is 8.69 Å². The molecule has 0 spiro atoms. The lowest BCUT2D eigenvalue weighted by Crippen LogP contribution is -2.05. The van der Waals surface area contributed by atoms with Crippen molar-refractivity contribution in [3.05, 3.63) is 0 Å². The van der Waals surface area contributed by atoms with Crippen molar-refractivity contribution in [2.45, 2.75) is 13.2 Å². The number of hydrogen-bond acceptors (Lipinski definition) is 4. The molecule has 1 atom stereocenters. The molecule has 0 fully saturated rings. The van der Waals surface area contributed by atoms with Crippen LogP contribution in [0.1, 0.15) is 6.92 Å². The largest absolute Gasteiger partial charge is 0.437 e. The summed E-state index contributed by atoms with van der Waals surface area (Å²) in [6, 6.07) is 0. The van der Waals surface area contributed by atoms with Gasteiger partial charge in [0.2, 0.25) is 6.29 Å². The van der Waals surface area contributed by atoms with Crippen molar-refractivity contribution in [2.75, 3.05) is 0 Å². The van der Waals surface area contributed by atoms with Gasteiger partial charge in [0, 0.05) is 0 Å². The fourth-order valence-electron chi connectivity index (χ4n) is 0.164. The molecular weight excluding hydrogens is 131 g/mol. The number of hydrogen-bond donors (Lipinski definition) is 0. The van der Waals surface area contributed by atoms with Crippen LogP contribution in [0.2, 0.25) is 0 Å². The molecule has 0 radical (unpaired) electrons. The van der Waals surface area contributed by atoms with Gasteiger partial charge < -0.3 is 4.74 Å². The highest BCUT2D eigenvalue weighted by Crippen LogP contribution is 2.01. The zero-order valence-corrected chi connectivity index (χ0v) is 5.13. The number of ether oxygens (including phenoxy) is 1. The molecule has 0 saturated heterocycles. The predicted octanol–water partition coefficient (Wildman–Crippen LogP) is 0.729. The van der Waals surface area contributed by atoms with Crippen LogP contribution >= 0.6 is 8.69 Å². The Morgan fingerprint density at radius 1 is 1.75 bits per heavy atom. The highest BCUT2D eigenvalue weighted by molar-refractivity contribution is 7.17. The fourth-order valence-corrected chi connectivity index (χ4v) is 0.335. The van der Waals surface area contributed by atoms with E-state index in [2.05, 4.69) is 9.26 Å². The molecule has 0 aliphatic carbocycles. The van der Waals surface area contributed by atoms with Gasteiger partial charge in [-0.3, -0.25) is 9.32 Å². The molecule has 0 bridgehead atoms. The second-order valence-corrected chi connectivity index (χ2v) is 1.34. The molecule has 1 unspecified atom stereocenters. The summed E-state index contributed by atoms with van der Waals surface area (Å²) in [6.07, 6.45) is -0.730. The van der Waals surface area contributed by atoms with Crippen LogP contribution in [0.5, 0.6) is 0 Å². The first-order valence-electron chi connectivity index (χ1n) is 1.89. The Bertz CT molecular complexity index is 73.4. The van der Waals surface area contributed by atoms with E-state index < -0.39 is 15.0 Å². The molecule has 8 heavy (non-hydrogen) atoms. The van der Waals surface area contributed by atoms with Crippen LogP contribution in [0.3, 0.4) is 0 Å². The minimum absolute atomic E-state index is 0.232. The minimum atomic E-state index is -0.730. The van der Waals surface area contributed by atoms with E-state index in [4.69, 9.17) is 0 Å². The predicted molar refractivity (Wildman–Crippen MR) is 25.3 cm³/mol. The maximum absolute atomic E-state index is 9.57. The molecule has 0 heterocycles. The van der Waals surface area contributed by atoms with E-state index in [1.54, 1.807) is 0 Å². The molecular formula is C3H5O4P. The van der Waals surface area contributed by atoms with E-state index in [0.717, 1.165) is 0 Å². The van der Waals surface area contributed by atoms with Crippen molar-refractivity contribution >= 4 is 15.2 Å². The van der Waals surface area contributed by atoms with Crippen molar-refractivity contribution in [2.24, 2.45) is 0 Å². The Balaban J connectivity index is 3.16. The van der Waals surface area contributed by atoms with Crippen molar-refractivity contribution in [1.82, 2.24) is 0 Å². The lowest BCUT2D eigenvalue weighted by Gasteiger charge is -2.01. The van der Waals surface area contributed by atoms with E-state index in [-0.39, 0.29) is 6.47 Å². The summed E-state index contributed by atoms with van der Waals surface area (Å²) in [6.45, 7) is 1.69. The zero-order chi connectivity index (χ0) is 6.41. The van der Waals surface area contributed by atoms with E-state index in [1.165, 1.54) is 6.92 Å². The summed E-state index contributed by atoms with van der Waals surface area (Å²) >= 11 is 0. The normalized spacial score (nSPS) is 13.1. The van der Waals surface area contributed by atoms with Crippen molar-refractivity contribution < 1.29 is 18.6 Å². The van der Waals surface area contributed by atoms with Gasteiger partial charge in [0.15, 0.2) is 0 Å². The highest BCUT2D eigenvalue weighted by atomic mass is 31.1. The number of rotatable bonds is 4. The third-order valence-electron chi connectivity index (χ3n) is 0.439. The minimum Gasteiger partial charge on any atom is -0.437 e. The van der Waals surface area contributed by atoms with E-state index >= 15 is 0 Å². The quantitative estimate of drug-likeness (QED) is 0.324. The Hall–Kier alpha value is -0.470. The SMILES string of the molecule is CC(OC=O)OP=O. The smallest absolute Gasteiger partial charge is 0.330 e. The summed E-state index contributed by atoms with van der Waals surface area (Å²) in [5.74, 6) is 0. The van der Waals surface area contributed by atoms with Gasteiger partial charge in [-0.25, -0.2) is 4.57 Å². The topological polar surface area (TPSA) is 52.6 Å². The van der Waals surface area contributed by atoms with Crippen LogP contribution < -0.4 is 0 Å². The Kier molecular flexibility index (Phi) is 4.41. The standard InChI is InChI=1S/C3H5O4P/c1-3(6-2-4)7-8-5/h2-3H,1H3. The molecule has 5 heteroatoms. The second kappa shape index (κ2) is 4.68. The first-order valence-corrected chi connectivity index (χ1v) is 2.62. The summed E-state index contributed by atoms with van der Waals surface area (Å²) in [5.41, 5.74) is 0. The van der Waals surface area contributed by atoms with Crippen LogP contribution in [0.4, 0.5) is 0 Å². The van der Waals surface area contributed by atoms with Gasteiger partial charge in [-0.1, -0.05) is 0 Å². The summed E-state index contributed by atoms with van der Waals surface area (Å²) in [4.78, 5) is 9.48. The monoisotopic (exact) mass is 136 g/mol. The highest BCUT2D eigenvalue weighted by Gasteiger charge is 1.97. The van der Waals surface area contributed by atoms with E-state index in [1.807, 2.05) is 0 Å². The Morgan fingerprint density at radius 2 is 2.38 bits per heavy atom. The van der Waals surface area contributed by atoms with Gasteiger partial charge in [0.05, 0.1) is 0 Å². The van der Waals surface area contributed by atoms with Crippen molar-refractivity contribution in [3.8, 4) is 0 Å². The van der Waals surface area contributed by atoms with Crippen LogP contribution in [0.25, 0.3) is 0 Å². The van der Waals surface area contributed by atoms with Crippen molar-refractivity contribution in [3.63, 3.8) is 0 Å². The second-order valence-electron chi connectivity index (χ2n) is 0.980. The summed E-state index contributed by atoms with van der Waals surface area (Å²) in [7, 11) is -0.485. The van der Waals surface area contributed by atoms with E-state index in [0.29, 0.717) is 0 Å². The van der Waals surface area contributed by atoms with Gasteiger partial charge in [-0.2, -0.15) is 0 Å². The molecule has 0 amide bonds. The van der Waals surface area contributed by atoms with Crippen LogP contribution in [0, 0.1) is 0 Å². The van der Waals surface area contributed by atoms with Crippen LogP contribution in [-0.4, -0.2) is 12.8 Å². The number of carbonyl (C=O) groups is 1. The molecule has 0 aliphatic heterocycles. The van der Waals surface area contributed by atoms with Gasteiger partial charge in [0.1, 0.15) is 0 Å². The average molecular weight is 136 g/mol. The Labute approximate surface area is 48.1 Å². The average Bonchev–Trinajstić information content (AvgIpc) is 1.68. The maximum Gasteiger partial charge on any atom is 0.330 e. The molecule has 0 aromatic rings. The molecule has 4 nitrogen and oxygen atoms in total. The fraction of sp³-hybridized carbons (Fsp3) is 0.667. The van der Waals surface area contributed by atoms with Crippen molar-refractivity contribution in [1.29, 1.82) is 0 Å². The maximum atomic E-state index is 9.57. The summed E-state index contributed by atoms with van der Waals surface area (Å²) in [5, 5.41) is 0. The first-order chi connectivity index (χ1) is 3.81. The molecule has 0 rings (SSSR count). The van der Waals surface area contributed by atoms with Crippen LogP contribution in [-0.2, 0) is 18.6 Å². The molecule has 0 aromatic heterocycles. The molecule has 46 valence electrons. The lowest BCUT2D eigenvalue weighted by molar-refractivity contribution is -0.144. The molecule has 0 N–H and O–H groups in total. The van der Waals surface area contributed by atoms with E-state index in [9.17, 15) is 9.36 Å². The van der Waals surface area contributed by atoms with Crippen LogP contribution in [0.15, 0.2) is 0 Å². The zero-order valence-electron chi connectivity index (χ0n) is 4.23. The van der Waals surface area contributed by atoms with Gasteiger partial charge in [0.25, 0.3) is 6.47 Å². The third kappa shape index (κ3) is 3.71. The molecule has 0 saturated carbocycles. The number of carbonyl (C=O) groups excluding carboxylic acids is 1. The Morgan fingerprint density at radius 3 is 2.75 bits per heavy atom.